The first-order chi connectivity index (χ1) is 13.3. The van der Waals surface area contributed by atoms with Crippen LogP contribution in [0.15, 0.2) is 29.6 Å². The van der Waals surface area contributed by atoms with Crippen LogP contribution in [0, 0.1) is 0 Å². The van der Waals surface area contributed by atoms with Crippen LogP contribution in [-0.4, -0.2) is 65.6 Å². The monoisotopic (exact) mass is 389 g/mol. The Morgan fingerprint density at radius 1 is 1.15 bits per heavy atom. The molecular weight excluding hydrogens is 366 g/mol. The second-order valence-electron chi connectivity index (χ2n) is 6.31. The quantitative estimate of drug-likeness (QED) is 0.731. The minimum absolute atomic E-state index is 0.134. The van der Waals surface area contributed by atoms with E-state index in [1.54, 1.807) is 0 Å². The van der Waals surface area contributed by atoms with E-state index in [2.05, 4.69) is 16.5 Å². The Hall–Kier alpha value is -2.19. The zero-order chi connectivity index (χ0) is 18.6. The Labute approximate surface area is 162 Å². The van der Waals surface area contributed by atoms with Gasteiger partial charge in [-0.1, -0.05) is 11.8 Å². The van der Waals surface area contributed by atoms with Crippen molar-refractivity contribution < 1.29 is 19.0 Å². The maximum absolute atomic E-state index is 12.4. The number of benzene rings is 1. The largest absolute Gasteiger partial charge is 0.486 e. The number of carbonyl (C=O) groups excluding carboxylic acids is 1. The van der Waals surface area contributed by atoms with Gasteiger partial charge in [0.05, 0.1) is 30.9 Å². The lowest BCUT2D eigenvalue weighted by Gasteiger charge is -2.26. The molecule has 1 aromatic heterocycles. The number of rotatable bonds is 5. The Balaban J connectivity index is 1.49. The van der Waals surface area contributed by atoms with Crippen molar-refractivity contribution in [3.05, 3.63) is 24.4 Å². The summed E-state index contributed by atoms with van der Waals surface area (Å²) in [4.78, 5) is 18.8. The van der Waals surface area contributed by atoms with Gasteiger partial charge in [0.2, 0.25) is 5.91 Å². The van der Waals surface area contributed by atoms with E-state index >= 15 is 0 Å². The van der Waals surface area contributed by atoms with Gasteiger partial charge in [0.15, 0.2) is 16.7 Å². The van der Waals surface area contributed by atoms with E-state index in [4.69, 9.17) is 14.2 Å². The molecule has 0 saturated carbocycles. The van der Waals surface area contributed by atoms with Gasteiger partial charge in [-0.05, 0) is 25.1 Å². The average Bonchev–Trinajstić information content (AvgIpc) is 3.15. The summed E-state index contributed by atoms with van der Waals surface area (Å²) in [5.74, 6) is 2.06. The number of thioether (sulfide) groups is 1. The fourth-order valence-electron chi connectivity index (χ4n) is 3.24. The van der Waals surface area contributed by atoms with Gasteiger partial charge in [-0.25, -0.2) is 4.98 Å². The average molecular weight is 389 g/mol. The summed E-state index contributed by atoms with van der Waals surface area (Å²) in [5, 5.41) is 0.851. The van der Waals surface area contributed by atoms with Crippen LogP contribution in [0.25, 0.3) is 11.3 Å². The number of fused-ring (bicyclic) bond motifs is 1. The maximum Gasteiger partial charge on any atom is 0.233 e. The predicted molar refractivity (Wildman–Crippen MR) is 102 cm³/mol. The molecule has 27 heavy (non-hydrogen) atoms. The van der Waals surface area contributed by atoms with Gasteiger partial charge >= 0.3 is 0 Å². The van der Waals surface area contributed by atoms with Crippen molar-refractivity contribution in [1.29, 1.82) is 0 Å². The molecule has 2 aliphatic rings. The normalized spacial score (nSPS) is 16.4. The van der Waals surface area contributed by atoms with Crippen molar-refractivity contribution in [1.82, 2.24) is 14.5 Å². The first-order valence-corrected chi connectivity index (χ1v) is 10.2. The number of aromatic nitrogens is 2. The van der Waals surface area contributed by atoms with Gasteiger partial charge in [0.25, 0.3) is 0 Å². The number of carbonyl (C=O) groups is 1. The minimum atomic E-state index is 0.134. The van der Waals surface area contributed by atoms with Crippen molar-refractivity contribution in [2.24, 2.45) is 0 Å². The summed E-state index contributed by atoms with van der Waals surface area (Å²) in [6.45, 7) is 6.58. The van der Waals surface area contributed by atoms with E-state index < -0.39 is 0 Å². The zero-order valence-electron chi connectivity index (χ0n) is 15.3. The summed E-state index contributed by atoms with van der Waals surface area (Å²) in [6, 6.07) is 5.95. The predicted octanol–water partition coefficient (Wildman–Crippen LogP) is 2.29. The Bertz CT molecular complexity index is 817. The van der Waals surface area contributed by atoms with Crippen molar-refractivity contribution in [2.75, 3.05) is 45.3 Å². The molecule has 1 fully saturated rings. The highest BCUT2D eigenvalue weighted by molar-refractivity contribution is 7.99. The molecule has 0 spiro atoms. The number of hydrogen-bond acceptors (Lipinski definition) is 6. The molecule has 0 radical (unpaired) electrons. The van der Waals surface area contributed by atoms with E-state index in [-0.39, 0.29) is 5.91 Å². The number of hydrogen-bond donors (Lipinski definition) is 0. The van der Waals surface area contributed by atoms with Crippen LogP contribution >= 0.6 is 11.8 Å². The molecule has 2 aromatic rings. The van der Waals surface area contributed by atoms with Gasteiger partial charge in [-0.2, -0.15) is 0 Å². The molecule has 2 aliphatic heterocycles. The van der Waals surface area contributed by atoms with E-state index in [1.165, 1.54) is 11.8 Å². The van der Waals surface area contributed by atoms with E-state index in [0.29, 0.717) is 45.3 Å². The summed E-state index contributed by atoms with van der Waals surface area (Å²) in [7, 11) is 0. The third-order valence-electron chi connectivity index (χ3n) is 4.66. The highest BCUT2D eigenvalue weighted by Gasteiger charge is 2.20. The fraction of sp³-hybridized carbons (Fsp3) is 0.474. The number of morpholine rings is 1. The maximum atomic E-state index is 12.4. The highest BCUT2D eigenvalue weighted by Crippen LogP contribution is 2.35. The van der Waals surface area contributed by atoms with Gasteiger partial charge < -0.3 is 23.7 Å². The summed E-state index contributed by atoms with van der Waals surface area (Å²) < 4.78 is 18.7. The molecule has 3 heterocycles. The smallest absolute Gasteiger partial charge is 0.233 e. The fourth-order valence-corrected chi connectivity index (χ4v) is 4.19. The van der Waals surface area contributed by atoms with Gasteiger partial charge in [-0.15, -0.1) is 0 Å². The molecule has 1 saturated heterocycles. The lowest BCUT2D eigenvalue weighted by atomic mass is 10.1. The van der Waals surface area contributed by atoms with Crippen LogP contribution in [0.4, 0.5) is 0 Å². The van der Waals surface area contributed by atoms with Crippen molar-refractivity contribution in [2.45, 2.75) is 18.6 Å². The highest BCUT2D eigenvalue weighted by atomic mass is 32.2. The van der Waals surface area contributed by atoms with Gasteiger partial charge in [0, 0.05) is 25.2 Å². The third-order valence-corrected chi connectivity index (χ3v) is 5.64. The summed E-state index contributed by atoms with van der Waals surface area (Å²) >= 11 is 1.48. The number of amides is 1. The number of imidazole rings is 1. The molecule has 144 valence electrons. The van der Waals surface area contributed by atoms with Crippen LogP contribution < -0.4 is 9.47 Å². The molecule has 0 atom stereocenters. The molecule has 0 aliphatic carbocycles. The second kappa shape index (κ2) is 8.22. The molecule has 0 unspecified atom stereocenters. The van der Waals surface area contributed by atoms with Gasteiger partial charge in [-0.3, -0.25) is 4.79 Å². The van der Waals surface area contributed by atoms with Crippen LogP contribution in [-0.2, 0) is 16.1 Å². The zero-order valence-corrected chi connectivity index (χ0v) is 16.2. The molecule has 8 heteroatoms. The first-order valence-electron chi connectivity index (χ1n) is 9.20. The van der Waals surface area contributed by atoms with Crippen LogP contribution in [0.3, 0.4) is 0 Å². The molecule has 1 aromatic carbocycles. The van der Waals surface area contributed by atoms with Gasteiger partial charge in [0.1, 0.15) is 13.2 Å². The number of nitrogens with zero attached hydrogens (tertiary/aromatic N) is 3. The Morgan fingerprint density at radius 2 is 1.93 bits per heavy atom. The molecular formula is C19H23N3O4S. The summed E-state index contributed by atoms with van der Waals surface area (Å²) in [5.41, 5.74) is 2.04. The van der Waals surface area contributed by atoms with Crippen LogP contribution in [0.1, 0.15) is 6.92 Å². The summed E-state index contributed by atoms with van der Waals surface area (Å²) in [6.07, 6.45) is 1.86. The second-order valence-corrected chi connectivity index (χ2v) is 7.25. The molecule has 7 nitrogen and oxygen atoms in total. The van der Waals surface area contributed by atoms with Crippen molar-refractivity contribution in [3.63, 3.8) is 0 Å². The molecule has 0 bridgehead atoms. The topological polar surface area (TPSA) is 65.8 Å². The molecule has 1 amide bonds. The van der Waals surface area contributed by atoms with Crippen LogP contribution in [0.5, 0.6) is 11.5 Å². The first kappa shape index (κ1) is 18.2. The minimum Gasteiger partial charge on any atom is -0.486 e. The Morgan fingerprint density at radius 3 is 2.70 bits per heavy atom. The lowest BCUT2D eigenvalue weighted by molar-refractivity contribution is -0.132. The third kappa shape index (κ3) is 3.91. The van der Waals surface area contributed by atoms with E-state index in [9.17, 15) is 4.79 Å². The standard InChI is InChI=1S/C19H23N3O4S/c1-2-22-15(14-3-4-16-17(11-14)26-10-9-25-16)12-20-19(22)27-13-18(23)21-5-7-24-8-6-21/h3-4,11-12H,2,5-10,13H2,1H3. The molecule has 0 N–H and O–H groups in total. The van der Waals surface area contributed by atoms with E-state index in [1.807, 2.05) is 29.3 Å². The lowest BCUT2D eigenvalue weighted by Crippen LogP contribution is -2.41. The Kier molecular flexibility index (Phi) is 5.54. The van der Waals surface area contributed by atoms with Crippen molar-refractivity contribution >= 4 is 17.7 Å². The SMILES string of the molecule is CCn1c(-c2ccc3c(c2)OCCO3)cnc1SCC(=O)N1CCOCC1. The molecule has 4 rings (SSSR count). The number of ether oxygens (including phenoxy) is 3. The van der Waals surface area contributed by atoms with Crippen molar-refractivity contribution in [3.8, 4) is 22.8 Å². The van der Waals surface area contributed by atoms with E-state index in [0.717, 1.165) is 34.5 Å². The van der Waals surface area contributed by atoms with Crippen LogP contribution in [0.2, 0.25) is 0 Å².